The fourth-order valence-corrected chi connectivity index (χ4v) is 4.73. The lowest BCUT2D eigenvalue weighted by Crippen LogP contribution is -2.47. The lowest BCUT2D eigenvalue weighted by atomic mass is 10.0. The number of fused-ring (bicyclic) bond motifs is 1. The average molecular weight is 394 g/mol. The fraction of sp³-hybridized carbons (Fsp3) is 0.474. The first-order valence-electron chi connectivity index (χ1n) is 9.05. The number of nitrogens with zero attached hydrogens (tertiary/aromatic N) is 1. The zero-order chi connectivity index (χ0) is 18.5. The van der Waals surface area contributed by atoms with Crippen molar-refractivity contribution in [3.8, 4) is 0 Å². The van der Waals surface area contributed by atoms with Gasteiger partial charge >= 0.3 is 0 Å². The maximum absolute atomic E-state index is 12.4. The zero-order valence-electron chi connectivity index (χ0n) is 14.9. The minimum Gasteiger partial charge on any atom is -0.352 e. The van der Waals surface area contributed by atoms with Crippen LogP contribution in [0.4, 0.5) is 0 Å². The van der Waals surface area contributed by atoms with Crippen molar-refractivity contribution in [1.29, 1.82) is 0 Å². The molecule has 3 rings (SSSR count). The molecular weight excluding hydrogens is 370 g/mol. The first kappa shape index (κ1) is 19.1. The molecule has 5 nitrogen and oxygen atoms in total. The molecular formula is C19H24ClN3O2S. The van der Waals surface area contributed by atoms with E-state index in [1.54, 1.807) is 0 Å². The van der Waals surface area contributed by atoms with Gasteiger partial charge in [0.1, 0.15) is 4.88 Å². The molecule has 0 aliphatic carbocycles. The van der Waals surface area contributed by atoms with Crippen molar-refractivity contribution in [2.45, 2.75) is 32.2 Å². The Balaban J connectivity index is 1.48. The molecule has 0 unspecified atom stereocenters. The molecule has 1 aliphatic heterocycles. The molecule has 7 heteroatoms. The summed E-state index contributed by atoms with van der Waals surface area (Å²) in [5.41, 5.74) is 0. The molecule has 2 heterocycles. The number of piperidine rings is 1. The van der Waals surface area contributed by atoms with Crippen LogP contribution in [0, 0.1) is 0 Å². The second-order valence-corrected chi connectivity index (χ2v) is 8.04. The first-order chi connectivity index (χ1) is 12.6. The summed E-state index contributed by atoms with van der Waals surface area (Å²) in [6, 6.07) is 7.82. The highest BCUT2D eigenvalue weighted by Crippen LogP contribution is 2.34. The van der Waals surface area contributed by atoms with Gasteiger partial charge in [0, 0.05) is 29.2 Å². The number of carbonyl (C=O) groups is 2. The van der Waals surface area contributed by atoms with Gasteiger partial charge in [-0.3, -0.25) is 9.59 Å². The maximum Gasteiger partial charge on any atom is 0.263 e. The first-order valence-corrected chi connectivity index (χ1v) is 10.2. The van der Waals surface area contributed by atoms with Crippen molar-refractivity contribution >= 4 is 44.8 Å². The predicted molar refractivity (Wildman–Crippen MR) is 107 cm³/mol. The molecule has 1 fully saturated rings. The smallest absolute Gasteiger partial charge is 0.263 e. The highest BCUT2D eigenvalue weighted by molar-refractivity contribution is 7.21. The lowest BCUT2D eigenvalue weighted by molar-refractivity contribution is -0.121. The van der Waals surface area contributed by atoms with Crippen molar-refractivity contribution in [2.75, 3.05) is 26.2 Å². The molecule has 2 amide bonds. The second kappa shape index (κ2) is 8.84. The van der Waals surface area contributed by atoms with E-state index in [2.05, 4.69) is 22.5 Å². The molecule has 140 valence electrons. The molecule has 1 saturated heterocycles. The van der Waals surface area contributed by atoms with E-state index in [-0.39, 0.29) is 24.4 Å². The summed E-state index contributed by atoms with van der Waals surface area (Å²) in [6.07, 6.45) is 3.08. The molecule has 0 spiro atoms. The van der Waals surface area contributed by atoms with Gasteiger partial charge in [-0.2, -0.15) is 0 Å². The summed E-state index contributed by atoms with van der Waals surface area (Å²) >= 11 is 7.65. The minimum absolute atomic E-state index is 0.0292. The van der Waals surface area contributed by atoms with E-state index in [0.717, 1.165) is 49.0 Å². The van der Waals surface area contributed by atoms with Crippen LogP contribution in [-0.4, -0.2) is 48.9 Å². The number of carbonyl (C=O) groups excluding carboxylic acids is 2. The standard InChI is InChI=1S/C19H24ClN3O2S/c1-2-9-23-10-7-13(8-11-23)22-16(24)12-21-19(25)18-17(20)14-5-3-4-6-15(14)26-18/h3-6,13H,2,7-12H2,1H3,(H,21,25)(H,22,24). The summed E-state index contributed by atoms with van der Waals surface area (Å²) in [6.45, 7) is 5.30. The van der Waals surface area contributed by atoms with Crippen molar-refractivity contribution in [2.24, 2.45) is 0 Å². The van der Waals surface area contributed by atoms with Crippen LogP contribution in [0.5, 0.6) is 0 Å². The maximum atomic E-state index is 12.4. The molecule has 1 aromatic carbocycles. The molecule has 0 bridgehead atoms. The van der Waals surface area contributed by atoms with E-state index in [0.29, 0.717) is 9.90 Å². The third-order valence-corrected chi connectivity index (χ3v) is 6.32. The van der Waals surface area contributed by atoms with Gasteiger partial charge < -0.3 is 15.5 Å². The van der Waals surface area contributed by atoms with Crippen molar-refractivity contribution in [3.63, 3.8) is 0 Å². The molecule has 1 aromatic heterocycles. The number of likely N-dealkylation sites (tertiary alicyclic amines) is 1. The Morgan fingerprint density at radius 1 is 1.27 bits per heavy atom. The fourth-order valence-electron chi connectivity index (χ4n) is 3.30. The van der Waals surface area contributed by atoms with E-state index in [1.165, 1.54) is 11.3 Å². The van der Waals surface area contributed by atoms with Gasteiger partial charge in [0.15, 0.2) is 0 Å². The quantitative estimate of drug-likeness (QED) is 0.791. The molecule has 2 aromatic rings. The Bertz CT molecular complexity index is 784. The third-order valence-electron chi connectivity index (χ3n) is 4.64. The molecule has 2 N–H and O–H groups in total. The molecule has 26 heavy (non-hydrogen) atoms. The number of rotatable bonds is 6. The van der Waals surface area contributed by atoms with Crippen molar-refractivity contribution in [1.82, 2.24) is 15.5 Å². The van der Waals surface area contributed by atoms with Gasteiger partial charge in [-0.25, -0.2) is 0 Å². The van der Waals surface area contributed by atoms with Gasteiger partial charge in [-0.05, 0) is 31.9 Å². The van der Waals surface area contributed by atoms with Crippen LogP contribution in [0.25, 0.3) is 10.1 Å². The molecule has 0 saturated carbocycles. The summed E-state index contributed by atoms with van der Waals surface area (Å²) in [4.78, 5) is 27.4. The van der Waals surface area contributed by atoms with E-state index in [1.807, 2.05) is 24.3 Å². The van der Waals surface area contributed by atoms with Crippen LogP contribution in [0.2, 0.25) is 5.02 Å². The average Bonchev–Trinajstić information content (AvgIpc) is 2.99. The Labute approximate surface area is 162 Å². The molecule has 0 atom stereocenters. The van der Waals surface area contributed by atoms with E-state index >= 15 is 0 Å². The number of hydrogen-bond acceptors (Lipinski definition) is 4. The Morgan fingerprint density at radius 2 is 2.00 bits per heavy atom. The third kappa shape index (κ3) is 4.55. The minimum atomic E-state index is -0.302. The SMILES string of the molecule is CCCN1CCC(NC(=O)CNC(=O)c2sc3ccccc3c2Cl)CC1. The monoisotopic (exact) mass is 393 g/mol. The summed E-state index contributed by atoms with van der Waals surface area (Å²) in [5.74, 6) is -0.450. The Hall–Kier alpha value is -1.63. The second-order valence-electron chi connectivity index (χ2n) is 6.61. The predicted octanol–water partition coefficient (Wildman–Crippen LogP) is 3.28. The Kier molecular flexibility index (Phi) is 6.51. The zero-order valence-corrected chi connectivity index (χ0v) is 16.5. The van der Waals surface area contributed by atoms with E-state index < -0.39 is 0 Å². The van der Waals surface area contributed by atoms with Crippen molar-refractivity contribution < 1.29 is 9.59 Å². The van der Waals surface area contributed by atoms with Gasteiger partial charge in [-0.15, -0.1) is 11.3 Å². The van der Waals surface area contributed by atoms with Gasteiger partial charge in [0.05, 0.1) is 11.6 Å². The van der Waals surface area contributed by atoms with Gasteiger partial charge in [0.2, 0.25) is 5.91 Å². The topological polar surface area (TPSA) is 61.4 Å². The highest BCUT2D eigenvalue weighted by atomic mass is 35.5. The number of nitrogens with one attached hydrogen (secondary N) is 2. The molecule has 0 radical (unpaired) electrons. The van der Waals surface area contributed by atoms with E-state index in [9.17, 15) is 9.59 Å². The highest BCUT2D eigenvalue weighted by Gasteiger charge is 2.21. The van der Waals surface area contributed by atoms with Crippen LogP contribution in [0.15, 0.2) is 24.3 Å². The van der Waals surface area contributed by atoms with Crippen LogP contribution in [0.1, 0.15) is 35.9 Å². The van der Waals surface area contributed by atoms with Gasteiger partial charge in [-0.1, -0.05) is 36.7 Å². The van der Waals surface area contributed by atoms with Crippen molar-refractivity contribution in [3.05, 3.63) is 34.2 Å². The lowest BCUT2D eigenvalue weighted by Gasteiger charge is -2.32. The number of amides is 2. The van der Waals surface area contributed by atoms with E-state index in [4.69, 9.17) is 11.6 Å². The van der Waals surface area contributed by atoms with Gasteiger partial charge in [0.25, 0.3) is 5.91 Å². The summed E-state index contributed by atoms with van der Waals surface area (Å²) in [7, 11) is 0. The molecule has 1 aliphatic rings. The van der Waals surface area contributed by atoms with Crippen LogP contribution < -0.4 is 10.6 Å². The summed E-state index contributed by atoms with van der Waals surface area (Å²) < 4.78 is 0.964. The number of thiophene rings is 1. The van der Waals surface area contributed by atoms with Crippen LogP contribution >= 0.6 is 22.9 Å². The Morgan fingerprint density at radius 3 is 2.69 bits per heavy atom. The number of benzene rings is 1. The number of hydrogen-bond donors (Lipinski definition) is 2. The summed E-state index contributed by atoms with van der Waals surface area (Å²) in [5, 5.41) is 7.02. The largest absolute Gasteiger partial charge is 0.352 e. The van der Waals surface area contributed by atoms with Crippen LogP contribution in [0.3, 0.4) is 0 Å². The van der Waals surface area contributed by atoms with Crippen LogP contribution in [-0.2, 0) is 4.79 Å². The number of halogens is 1. The normalized spacial score (nSPS) is 15.9.